The van der Waals surface area contributed by atoms with Gasteiger partial charge in [-0.2, -0.15) is 0 Å². The maximum atomic E-state index is 5.23. The van der Waals surface area contributed by atoms with E-state index in [1.54, 1.807) is 13.3 Å². The van der Waals surface area contributed by atoms with Crippen LogP contribution in [-0.4, -0.2) is 23.2 Å². The largest absolute Gasteiger partial charge is 0.497 e. The summed E-state index contributed by atoms with van der Waals surface area (Å²) in [6.07, 6.45) is 5.60. The number of ether oxygens (including phenoxy) is 1. The van der Waals surface area contributed by atoms with E-state index in [0.29, 0.717) is 6.04 Å². The SMILES string of the molecule is COc1cccc(C(C)NCCn2ccnc2)c1. The number of rotatable bonds is 6. The molecule has 1 aromatic heterocycles. The third kappa shape index (κ3) is 3.34. The molecule has 0 spiro atoms. The number of nitrogens with one attached hydrogen (secondary N) is 1. The number of methoxy groups -OCH3 is 1. The summed E-state index contributed by atoms with van der Waals surface area (Å²) < 4.78 is 7.29. The maximum absolute atomic E-state index is 5.23. The number of hydrogen-bond donors (Lipinski definition) is 1. The number of imidazole rings is 1. The molecule has 2 aromatic rings. The van der Waals surface area contributed by atoms with E-state index in [4.69, 9.17) is 4.74 Å². The Hall–Kier alpha value is -1.81. The van der Waals surface area contributed by atoms with E-state index in [-0.39, 0.29) is 0 Å². The van der Waals surface area contributed by atoms with Crippen molar-refractivity contribution in [3.05, 3.63) is 48.5 Å². The third-order valence-electron chi connectivity index (χ3n) is 2.97. The molecule has 1 heterocycles. The molecule has 0 fully saturated rings. The molecule has 1 unspecified atom stereocenters. The van der Waals surface area contributed by atoms with Crippen molar-refractivity contribution < 1.29 is 4.74 Å². The lowest BCUT2D eigenvalue weighted by Gasteiger charge is -2.15. The van der Waals surface area contributed by atoms with Crippen LogP contribution < -0.4 is 10.1 Å². The average Bonchev–Trinajstić information content (AvgIpc) is 2.92. The molecule has 96 valence electrons. The summed E-state index contributed by atoms with van der Waals surface area (Å²) in [7, 11) is 1.69. The van der Waals surface area contributed by atoms with E-state index in [1.807, 2.05) is 24.7 Å². The zero-order valence-corrected chi connectivity index (χ0v) is 10.8. The van der Waals surface area contributed by atoms with E-state index in [2.05, 4.69) is 33.9 Å². The Bertz CT molecular complexity index is 468. The number of nitrogens with zero attached hydrogens (tertiary/aromatic N) is 2. The second-order valence-electron chi connectivity index (χ2n) is 4.25. The van der Waals surface area contributed by atoms with Crippen molar-refractivity contribution in [2.45, 2.75) is 19.5 Å². The standard InChI is InChI=1S/C14H19N3O/c1-12(13-4-3-5-14(10-13)18-2)16-7-9-17-8-6-15-11-17/h3-6,8,10-12,16H,7,9H2,1-2H3. The van der Waals surface area contributed by atoms with Crippen LogP contribution in [0.2, 0.25) is 0 Å². The van der Waals surface area contributed by atoms with Crippen LogP contribution in [0.25, 0.3) is 0 Å². The molecular formula is C14H19N3O. The molecule has 4 nitrogen and oxygen atoms in total. The molecule has 0 bridgehead atoms. The number of aromatic nitrogens is 2. The second-order valence-corrected chi connectivity index (χ2v) is 4.25. The highest BCUT2D eigenvalue weighted by molar-refractivity contribution is 5.30. The quantitative estimate of drug-likeness (QED) is 0.848. The van der Waals surface area contributed by atoms with Gasteiger partial charge in [0.1, 0.15) is 5.75 Å². The van der Waals surface area contributed by atoms with Gasteiger partial charge in [-0.05, 0) is 24.6 Å². The van der Waals surface area contributed by atoms with Crippen LogP contribution in [0.15, 0.2) is 43.0 Å². The molecule has 0 saturated carbocycles. The monoisotopic (exact) mass is 245 g/mol. The number of benzene rings is 1. The Labute approximate surface area is 108 Å². The van der Waals surface area contributed by atoms with Crippen molar-refractivity contribution >= 4 is 0 Å². The van der Waals surface area contributed by atoms with Gasteiger partial charge < -0.3 is 14.6 Å². The van der Waals surface area contributed by atoms with Crippen molar-refractivity contribution in [2.24, 2.45) is 0 Å². The molecule has 1 aromatic carbocycles. The molecule has 2 rings (SSSR count). The van der Waals surface area contributed by atoms with E-state index in [9.17, 15) is 0 Å². The van der Waals surface area contributed by atoms with Gasteiger partial charge in [0.05, 0.1) is 13.4 Å². The minimum absolute atomic E-state index is 0.309. The summed E-state index contributed by atoms with van der Waals surface area (Å²) >= 11 is 0. The summed E-state index contributed by atoms with van der Waals surface area (Å²) in [5.41, 5.74) is 1.24. The average molecular weight is 245 g/mol. The van der Waals surface area contributed by atoms with Gasteiger partial charge in [-0.15, -0.1) is 0 Å². The Morgan fingerprint density at radius 1 is 1.44 bits per heavy atom. The van der Waals surface area contributed by atoms with Gasteiger partial charge in [-0.1, -0.05) is 12.1 Å². The maximum Gasteiger partial charge on any atom is 0.119 e. The van der Waals surface area contributed by atoms with Crippen molar-refractivity contribution in [2.75, 3.05) is 13.7 Å². The van der Waals surface area contributed by atoms with Crippen LogP contribution in [0.5, 0.6) is 5.75 Å². The minimum Gasteiger partial charge on any atom is -0.497 e. The highest BCUT2D eigenvalue weighted by atomic mass is 16.5. The Balaban J connectivity index is 1.85. The van der Waals surface area contributed by atoms with Crippen molar-refractivity contribution in [1.29, 1.82) is 0 Å². The predicted octanol–water partition coefficient (Wildman–Crippen LogP) is 2.24. The minimum atomic E-state index is 0.309. The van der Waals surface area contributed by atoms with Crippen LogP contribution in [0.3, 0.4) is 0 Å². The molecule has 1 atom stereocenters. The summed E-state index contributed by atoms with van der Waals surface area (Å²) in [6, 6.07) is 8.46. The first kappa shape index (κ1) is 12.6. The van der Waals surface area contributed by atoms with Gasteiger partial charge in [0.25, 0.3) is 0 Å². The van der Waals surface area contributed by atoms with E-state index in [0.717, 1.165) is 18.8 Å². The molecule has 1 N–H and O–H groups in total. The number of hydrogen-bond acceptors (Lipinski definition) is 3. The lowest BCUT2D eigenvalue weighted by atomic mass is 10.1. The molecule has 0 amide bonds. The third-order valence-corrected chi connectivity index (χ3v) is 2.97. The smallest absolute Gasteiger partial charge is 0.119 e. The Kier molecular flexibility index (Phi) is 4.36. The normalized spacial score (nSPS) is 12.3. The predicted molar refractivity (Wildman–Crippen MR) is 71.6 cm³/mol. The summed E-state index contributed by atoms with van der Waals surface area (Å²) in [5, 5.41) is 3.48. The first-order chi connectivity index (χ1) is 8.79. The topological polar surface area (TPSA) is 39.1 Å². The lowest BCUT2D eigenvalue weighted by molar-refractivity contribution is 0.413. The fraction of sp³-hybridized carbons (Fsp3) is 0.357. The van der Waals surface area contributed by atoms with Crippen LogP contribution in [0.1, 0.15) is 18.5 Å². The van der Waals surface area contributed by atoms with Crippen LogP contribution in [-0.2, 0) is 6.54 Å². The first-order valence-corrected chi connectivity index (χ1v) is 6.12. The summed E-state index contributed by atoms with van der Waals surface area (Å²) in [6.45, 7) is 3.99. The van der Waals surface area contributed by atoms with Crippen LogP contribution >= 0.6 is 0 Å². The van der Waals surface area contributed by atoms with Gasteiger partial charge in [0.2, 0.25) is 0 Å². The van der Waals surface area contributed by atoms with E-state index < -0.39 is 0 Å². The van der Waals surface area contributed by atoms with Gasteiger partial charge >= 0.3 is 0 Å². The van der Waals surface area contributed by atoms with E-state index >= 15 is 0 Å². The van der Waals surface area contributed by atoms with Gasteiger partial charge in [-0.3, -0.25) is 0 Å². The lowest BCUT2D eigenvalue weighted by Crippen LogP contribution is -2.23. The van der Waals surface area contributed by atoms with Crippen LogP contribution in [0.4, 0.5) is 0 Å². The van der Waals surface area contributed by atoms with Crippen molar-refractivity contribution in [1.82, 2.24) is 14.9 Å². The molecular weight excluding hydrogens is 226 g/mol. The molecule has 18 heavy (non-hydrogen) atoms. The molecule has 0 saturated heterocycles. The Morgan fingerprint density at radius 2 is 2.33 bits per heavy atom. The fourth-order valence-corrected chi connectivity index (χ4v) is 1.86. The zero-order valence-electron chi connectivity index (χ0n) is 10.8. The van der Waals surface area contributed by atoms with Gasteiger partial charge in [-0.25, -0.2) is 4.98 Å². The van der Waals surface area contributed by atoms with Gasteiger partial charge in [0, 0.05) is 31.5 Å². The van der Waals surface area contributed by atoms with Gasteiger partial charge in [0.15, 0.2) is 0 Å². The van der Waals surface area contributed by atoms with Crippen molar-refractivity contribution in [3.63, 3.8) is 0 Å². The molecule has 0 aliphatic rings. The van der Waals surface area contributed by atoms with Crippen LogP contribution in [0, 0.1) is 0 Å². The first-order valence-electron chi connectivity index (χ1n) is 6.12. The molecule has 0 radical (unpaired) electrons. The fourth-order valence-electron chi connectivity index (χ4n) is 1.86. The second kappa shape index (κ2) is 6.21. The molecule has 4 heteroatoms. The zero-order chi connectivity index (χ0) is 12.8. The highest BCUT2D eigenvalue weighted by Gasteiger charge is 2.05. The molecule has 0 aliphatic heterocycles. The Morgan fingerprint density at radius 3 is 3.06 bits per heavy atom. The highest BCUT2D eigenvalue weighted by Crippen LogP contribution is 2.18. The van der Waals surface area contributed by atoms with E-state index in [1.165, 1.54) is 5.56 Å². The molecule has 0 aliphatic carbocycles. The summed E-state index contributed by atoms with van der Waals surface area (Å²) in [4.78, 5) is 4.02. The summed E-state index contributed by atoms with van der Waals surface area (Å²) in [5.74, 6) is 0.899. The van der Waals surface area contributed by atoms with Crippen molar-refractivity contribution in [3.8, 4) is 5.75 Å².